The highest BCUT2D eigenvalue weighted by molar-refractivity contribution is 4.79. The molecule has 2 unspecified atom stereocenters. The van der Waals surface area contributed by atoms with E-state index in [-0.39, 0.29) is 12.6 Å². The first-order chi connectivity index (χ1) is 6.26. The van der Waals surface area contributed by atoms with Gasteiger partial charge in [-0.05, 0) is 25.7 Å². The van der Waals surface area contributed by atoms with E-state index in [9.17, 15) is 0 Å². The van der Waals surface area contributed by atoms with E-state index in [1.165, 1.54) is 32.1 Å². The third-order valence-electron chi connectivity index (χ3n) is 3.15. The summed E-state index contributed by atoms with van der Waals surface area (Å²) in [6.45, 7) is 4.59. The number of aliphatic hydroxyl groups is 1. The molecular weight excluding hydrogens is 162 g/mol. The van der Waals surface area contributed by atoms with E-state index in [2.05, 4.69) is 19.2 Å². The van der Waals surface area contributed by atoms with Crippen molar-refractivity contribution in [2.45, 2.75) is 58.0 Å². The monoisotopic (exact) mass is 185 g/mol. The third-order valence-corrected chi connectivity index (χ3v) is 3.15. The van der Waals surface area contributed by atoms with Crippen LogP contribution < -0.4 is 5.32 Å². The fraction of sp³-hybridized carbons (Fsp3) is 1.00. The Hall–Kier alpha value is -0.0800. The number of rotatable bonds is 4. The van der Waals surface area contributed by atoms with Crippen molar-refractivity contribution in [3.63, 3.8) is 0 Å². The van der Waals surface area contributed by atoms with E-state index in [1.54, 1.807) is 0 Å². The van der Waals surface area contributed by atoms with E-state index < -0.39 is 0 Å². The third kappa shape index (κ3) is 3.65. The van der Waals surface area contributed by atoms with Crippen LogP contribution >= 0.6 is 0 Å². The molecular formula is C11H23NO. The molecule has 0 aromatic heterocycles. The standard InChI is InChI=1S/C11H23NO/c1-3-10-5-4-6-11(7-10)12-9(2)8-13/h9-13H,3-8H2,1-2H3/t9-,10?,11?/m1/s1. The Morgan fingerprint density at radius 3 is 2.85 bits per heavy atom. The zero-order chi connectivity index (χ0) is 9.68. The molecule has 13 heavy (non-hydrogen) atoms. The van der Waals surface area contributed by atoms with Crippen LogP contribution in [0, 0.1) is 5.92 Å². The zero-order valence-electron chi connectivity index (χ0n) is 8.92. The minimum absolute atomic E-state index is 0.257. The van der Waals surface area contributed by atoms with Crippen molar-refractivity contribution < 1.29 is 5.11 Å². The van der Waals surface area contributed by atoms with Crippen LogP contribution in [-0.2, 0) is 0 Å². The highest BCUT2D eigenvalue weighted by Crippen LogP contribution is 2.26. The highest BCUT2D eigenvalue weighted by Gasteiger charge is 2.21. The SMILES string of the molecule is CCC1CCCC(N[C@H](C)CO)C1. The Labute approximate surface area is 81.7 Å². The molecule has 0 aromatic carbocycles. The summed E-state index contributed by atoms with van der Waals surface area (Å²) < 4.78 is 0. The van der Waals surface area contributed by atoms with Crippen LogP contribution in [0.25, 0.3) is 0 Å². The maximum absolute atomic E-state index is 8.93. The Morgan fingerprint density at radius 1 is 1.46 bits per heavy atom. The van der Waals surface area contributed by atoms with Crippen molar-refractivity contribution >= 4 is 0 Å². The fourth-order valence-electron chi connectivity index (χ4n) is 2.27. The minimum atomic E-state index is 0.257. The van der Waals surface area contributed by atoms with Gasteiger partial charge in [0.05, 0.1) is 6.61 Å². The topological polar surface area (TPSA) is 32.3 Å². The first-order valence-corrected chi connectivity index (χ1v) is 5.63. The van der Waals surface area contributed by atoms with Crippen molar-refractivity contribution in [1.29, 1.82) is 0 Å². The maximum Gasteiger partial charge on any atom is 0.0582 e. The second kappa shape index (κ2) is 5.61. The Kier molecular flexibility index (Phi) is 4.74. The summed E-state index contributed by atoms with van der Waals surface area (Å²) in [6, 6.07) is 0.918. The molecule has 0 bridgehead atoms. The van der Waals surface area contributed by atoms with Gasteiger partial charge in [-0.3, -0.25) is 0 Å². The summed E-state index contributed by atoms with van der Waals surface area (Å²) in [5.74, 6) is 0.914. The van der Waals surface area contributed by atoms with Gasteiger partial charge in [0, 0.05) is 12.1 Å². The molecule has 2 heteroatoms. The molecule has 0 amide bonds. The van der Waals surface area contributed by atoms with Gasteiger partial charge < -0.3 is 10.4 Å². The Morgan fingerprint density at radius 2 is 2.23 bits per heavy atom. The van der Waals surface area contributed by atoms with Gasteiger partial charge in [-0.1, -0.05) is 26.2 Å². The zero-order valence-corrected chi connectivity index (χ0v) is 8.92. The summed E-state index contributed by atoms with van der Waals surface area (Å²) in [5, 5.41) is 12.4. The van der Waals surface area contributed by atoms with Crippen LogP contribution in [0.1, 0.15) is 46.0 Å². The van der Waals surface area contributed by atoms with Gasteiger partial charge in [0.15, 0.2) is 0 Å². The highest BCUT2D eigenvalue weighted by atomic mass is 16.3. The van der Waals surface area contributed by atoms with Crippen molar-refractivity contribution in [2.75, 3.05) is 6.61 Å². The van der Waals surface area contributed by atoms with Crippen LogP contribution in [0.3, 0.4) is 0 Å². The first-order valence-electron chi connectivity index (χ1n) is 5.63. The lowest BCUT2D eigenvalue weighted by Crippen LogP contribution is -2.41. The molecule has 2 N–H and O–H groups in total. The van der Waals surface area contributed by atoms with E-state index in [0.29, 0.717) is 6.04 Å². The predicted molar refractivity (Wildman–Crippen MR) is 55.7 cm³/mol. The summed E-state index contributed by atoms with van der Waals surface area (Å²) >= 11 is 0. The summed E-state index contributed by atoms with van der Waals surface area (Å²) in [5.41, 5.74) is 0. The quantitative estimate of drug-likeness (QED) is 0.701. The molecule has 1 aliphatic rings. The van der Waals surface area contributed by atoms with Crippen LogP contribution in [0.15, 0.2) is 0 Å². The predicted octanol–water partition coefficient (Wildman–Crippen LogP) is 1.93. The van der Waals surface area contributed by atoms with Gasteiger partial charge in [-0.2, -0.15) is 0 Å². The molecule has 1 fully saturated rings. The molecule has 78 valence electrons. The van der Waals surface area contributed by atoms with Gasteiger partial charge in [0.2, 0.25) is 0 Å². The molecule has 3 atom stereocenters. The second-order valence-electron chi connectivity index (χ2n) is 4.39. The van der Waals surface area contributed by atoms with Gasteiger partial charge in [0.25, 0.3) is 0 Å². The molecule has 1 rings (SSSR count). The van der Waals surface area contributed by atoms with Crippen molar-refractivity contribution in [2.24, 2.45) is 5.92 Å². The largest absolute Gasteiger partial charge is 0.395 e. The molecule has 1 aliphatic carbocycles. The number of hydrogen-bond acceptors (Lipinski definition) is 2. The molecule has 2 nitrogen and oxygen atoms in total. The fourth-order valence-corrected chi connectivity index (χ4v) is 2.27. The van der Waals surface area contributed by atoms with Gasteiger partial charge in [-0.15, -0.1) is 0 Å². The smallest absolute Gasteiger partial charge is 0.0582 e. The first kappa shape index (κ1) is 11.0. The van der Waals surface area contributed by atoms with E-state index in [0.717, 1.165) is 5.92 Å². The second-order valence-corrected chi connectivity index (χ2v) is 4.39. The van der Waals surface area contributed by atoms with Gasteiger partial charge in [-0.25, -0.2) is 0 Å². The number of nitrogens with one attached hydrogen (secondary N) is 1. The molecule has 0 radical (unpaired) electrons. The van der Waals surface area contributed by atoms with Crippen LogP contribution in [0.4, 0.5) is 0 Å². The van der Waals surface area contributed by atoms with Crippen LogP contribution in [0.2, 0.25) is 0 Å². The van der Waals surface area contributed by atoms with Crippen molar-refractivity contribution in [3.05, 3.63) is 0 Å². The van der Waals surface area contributed by atoms with Crippen LogP contribution in [-0.4, -0.2) is 23.8 Å². The molecule has 1 saturated carbocycles. The normalized spacial score (nSPS) is 31.6. The Bertz CT molecular complexity index is 136. The molecule has 0 spiro atoms. The maximum atomic E-state index is 8.93. The summed E-state index contributed by atoms with van der Waals surface area (Å²) in [6.07, 6.45) is 6.67. The van der Waals surface area contributed by atoms with E-state index >= 15 is 0 Å². The van der Waals surface area contributed by atoms with E-state index in [1.807, 2.05) is 0 Å². The summed E-state index contributed by atoms with van der Waals surface area (Å²) in [7, 11) is 0. The summed E-state index contributed by atoms with van der Waals surface area (Å²) in [4.78, 5) is 0. The minimum Gasteiger partial charge on any atom is -0.395 e. The number of hydrogen-bond donors (Lipinski definition) is 2. The van der Waals surface area contributed by atoms with Gasteiger partial charge >= 0.3 is 0 Å². The molecule has 0 aromatic rings. The lowest BCUT2D eigenvalue weighted by atomic mass is 9.84. The van der Waals surface area contributed by atoms with Crippen LogP contribution in [0.5, 0.6) is 0 Å². The lowest BCUT2D eigenvalue weighted by molar-refractivity contribution is 0.210. The van der Waals surface area contributed by atoms with Crippen molar-refractivity contribution in [1.82, 2.24) is 5.32 Å². The molecule has 0 heterocycles. The molecule has 0 saturated heterocycles. The number of aliphatic hydroxyl groups excluding tert-OH is 1. The Balaban J connectivity index is 2.25. The van der Waals surface area contributed by atoms with Crippen molar-refractivity contribution in [3.8, 4) is 0 Å². The average molecular weight is 185 g/mol. The lowest BCUT2D eigenvalue weighted by Gasteiger charge is -2.31. The molecule has 0 aliphatic heterocycles. The average Bonchev–Trinajstić information content (AvgIpc) is 2.18. The van der Waals surface area contributed by atoms with Gasteiger partial charge in [0.1, 0.15) is 0 Å². The van der Waals surface area contributed by atoms with E-state index in [4.69, 9.17) is 5.11 Å².